The number of benzene rings is 1. The quantitative estimate of drug-likeness (QED) is 0.852. The first kappa shape index (κ1) is 14.3. The van der Waals surface area contributed by atoms with E-state index in [0.29, 0.717) is 23.2 Å². The van der Waals surface area contributed by atoms with Gasteiger partial charge >= 0.3 is 0 Å². The van der Waals surface area contributed by atoms with Gasteiger partial charge in [-0.15, -0.1) is 11.3 Å². The average Bonchev–Trinajstić information content (AvgIpc) is 2.96. The second-order valence-corrected chi connectivity index (χ2v) is 4.86. The molecule has 0 aliphatic rings. The van der Waals surface area contributed by atoms with Crippen LogP contribution in [0.1, 0.15) is 13.3 Å². The zero-order valence-electron chi connectivity index (χ0n) is 11.2. The van der Waals surface area contributed by atoms with Gasteiger partial charge in [-0.3, -0.25) is 10.1 Å². The molecule has 1 amide bonds. The van der Waals surface area contributed by atoms with Crippen molar-refractivity contribution in [3.63, 3.8) is 0 Å². The molecule has 1 aromatic carbocycles. The topological polar surface area (TPSA) is 60.5 Å². The number of amides is 1. The highest BCUT2D eigenvalue weighted by Crippen LogP contribution is 2.26. The van der Waals surface area contributed by atoms with E-state index in [2.05, 4.69) is 10.3 Å². The van der Waals surface area contributed by atoms with Gasteiger partial charge in [-0.25, -0.2) is 4.98 Å². The van der Waals surface area contributed by atoms with E-state index in [1.54, 1.807) is 17.6 Å². The molecule has 0 unspecified atom stereocenters. The molecule has 0 aliphatic heterocycles. The Bertz CT molecular complexity index is 543. The minimum Gasteiger partial charge on any atom is -0.490 e. The van der Waals surface area contributed by atoms with E-state index in [1.165, 1.54) is 11.3 Å². The molecule has 1 N–H and O–H groups in total. The number of carbonyl (C=O) groups is 1. The Morgan fingerprint density at radius 3 is 2.70 bits per heavy atom. The van der Waals surface area contributed by atoms with Gasteiger partial charge in [0.2, 0.25) is 0 Å². The van der Waals surface area contributed by atoms with Crippen LogP contribution < -0.4 is 14.8 Å². The van der Waals surface area contributed by atoms with Gasteiger partial charge in [0.05, 0.1) is 6.61 Å². The fourth-order valence-electron chi connectivity index (χ4n) is 1.48. The Morgan fingerprint density at radius 2 is 2.05 bits per heavy atom. The van der Waals surface area contributed by atoms with E-state index in [-0.39, 0.29) is 12.5 Å². The number of nitrogens with one attached hydrogen (secondary N) is 1. The molecule has 0 atom stereocenters. The standard InChI is InChI=1S/C14H16N2O3S/c1-2-8-18-11-5-3-4-6-12(11)19-10-13(17)16-14-15-7-9-20-14/h3-7,9H,2,8,10H2,1H3,(H,15,16,17). The molecule has 0 radical (unpaired) electrons. The number of anilines is 1. The Kier molecular flexibility index (Phi) is 5.37. The van der Waals surface area contributed by atoms with Gasteiger partial charge in [0.25, 0.3) is 5.91 Å². The van der Waals surface area contributed by atoms with Crippen LogP contribution in [-0.4, -0.2) is 24.1 Å². The van der Waals surface area contributed by atoms with Crippen molar-refractivity contribution >= 4 is 22.4 Å². The molecule has 1 heterocycles. The third-order valence-corrected chi connectivity index (χ3v) is 3.04. The van der Waals surface area contributed by atoms with E-state index in [1.807, 2.05) is 25.1 Å². The van der Waals surface area contributed by atoms with Crippen molar-refractivity contribution in [2.24, 2.45) is 0 Å². The summed E-state index contributed by atoms with van der Waals surface area (Å²) in [7, 11) is 0. The molecule has 0 spiro atoms. The Morgan fingerprint density at radius 1 is 1.30 bits per heavy atom. The molecule has 106 valence electrons. The molecule has 0 fully saturated rings. The van der Waals surface area contributed by atoms with Crippen LogP contribution in [0.4, 0.5) is 5.13 Å². The van der Waals surface area contributed by atoms with Gasteiger partial charge in [-0.05, 0) is 18.6 Å². The summed E-state index contributed by atoms with van der Waals surface area (Å²) in [5.41, 5.74) is 0. The molecule has 2 rings (SSSR count). The fraction of sp³-hybridized carbons (Fsp3) is 0.286. The van der Waals surface area contributed by atoms with Gasteiger partial charge < -0.3 is 9.47 Å². The lowest BCUT2D eigenvalue weighted by molar-refractivity contribution is -0.118. The SMILES string of the molecule is CCCOc1ccccc1OCC(=O)Nc1nccs1. The predicted molar refractivity (Wildman–Crippen MR) is 78.5 cm³/mol. The number of para-hydroxylation sites is 2. The summed E-state index contributed by atoms with van der Waals surface area (Å²) in [6.45, 7) is 2.57. The summed E-state index contributed by atoms with van der Waals surface area (Å²) >= 11 is 1.36. The van der Waals surface area contributed by atoms with Crippen molar-refractivity contribution < 1.29 is 14.3 Å². The smallest absolute Gasteiger partial charge is 0.264 e. The molecule has 0 bridgehead atoms. The number of hydrogen-bond acceptors (Lipinski definition) is 5. The second-order valence-electron chi connectivity index (χ2n) is 3.97. The van der Waals surface area contributed by atoms with E-state index in [0.717, 1.165) is 6.42 Å². The molecular formula is C14H16N2O3S. The first-order valence-corrected chi connectivity index (χ1v) is 7.21. The monoisotopic (exact) mass is 292 g/mol. The number of ether oxygens (including phenoxy) is 2. The van der Waals surface area contributed by atoms with Crippen LogP contribution in [0.3, 0.4) is 0 Å². The number of nitrogens with zero attached hydrogens (tertiary/aromatic N) is 1. The number of rotatable bonds is 7. The van der Waals surface area contributed by atoms with E-state index in [4.69, 9.17) is 9.47 Å². The highest BCUT2D eigenvalue weighted by Gasteiger charge is 2.08. The normalized spacial score (nSPS) is 10.1. The van der Waals surface area contributed by atoms with Crippen LogP contribution in [0.5, 0.6) is 11.5 Å². The third kappa shape index (κ3) is 4.24. The zero-order chi connectivity index (χ0) is 14.2. The summed E-state index contributed by atoms with van der Waals surface area (Å²) < 4.78 is 11.0. The van der Waals surface area contributed by atoms with Crippen LogP contribution >= 0.6 is 11.3 Å². The Hall–Kier alpha value is -2.08. The lowest BCUT2D eigenvalue weighted by atomic mass is 10.3. The molecule has 20 heavy (non-hydrogen) atoms. The van der Waals surface area contributed by atoms with Crippen LogP contribution in [0.15, 0.2) is 35.8 Å². The highest BCUT2D eigenvalue weighted by atomic mass is 32.1. The summed E-state index contributed by atoms with van der Waals surface area (Å²) in [5.74, 6) is 0.969. The van der Waals surface area contributed by atoms with Crippen molar-refractivity contribution in [3.8, 4) is 11.5 Å². The van der Waals surface area contributed by atoms with Gasteiger partial charge in [0, 0.05) is 11.6 Å². The molecule has 0 saturated carbocycles. The van der Waals surface area contributed by atoms with Crippen LogP contribution in [-0.2, 0) is 4.79 Å². The average molecular weight is 292 g/mol. The number of thiazole rings is 1. The van der Waals surface area contributed by atoms with E-state index >= 15 is 0 Å². The molecule has 5 nitrogen and oxygen atoms in total. The molecule has 2 aromatic rings. The minimum absolute atomic E-state index is 0.0773. The number of aromatic nitrogens is 1. The number of hydrogen-bond donors (Lipinski definition) is 1. The summed E-state index contributed by atoms with van der Waals surface area (Å²) in [5, 5.41) is 5.02. The fourth-order valence-corrected chi connectivity index (χ4v) is 2.03. The molecular weight excluding hydrogens is 276 g/mol. The molecule has 6 heteroatoms. The minimum atomic E-state index is -0.245. The van der Waals surface area contributed by atoms with Gasteiger partial charge in [-0.1, -0.05) is 19.1 Å². The Balaban J connectivity index is 1.88. The molecule has 1 aromatic heterocycles. The summed E-state index contributed by atoms with van der Waals surface area (Å²) in [6, 6.07) is 7.31. The lowest BCUT2D eigenvalue weighted by Gasteiger charge is -2.11. The van der Waals surface area contributed by atoms with Crippen LogP contribution in [0.2, 0.25) is 0 Å². The zero-order valence-corrected chi connectivity index (χ0v) is 12.0. The lowest BCUT2D eigenvalue weighted by Crippen LogP contribution is -2.20. The van der Waals surface area contributed by atoms with Crippen molar-refractivity contribution in [1.29, 1.82) is 0 Å². The third-order valence-electron chi connectivity index (χ3n) is 2.35. The van der Waals surface area contributed by atoms with Crippen LogP contribution in [0, 0.1) is 0 Å². The summed E-state index contributed by atoms with van der Waals surface area (Å²) in [4.78, 5) is 15.7. The van der Waals surface area contributed by atoms with E-state index in [9.17, 15) is 4.79 Å². The van der Waals surface area contributed by atoms with Crippen LogP contribution in [0.25, 0.3) is 0 Å². The van der Waals surface area contributed by atoms with Gasteiger partial charge in [-0.2, -0.15) is 0 Å². The van der Waals surface area contributed by atoms with E-state index < -0.39 is 0 Å². The first-order chi connectivity index (χ1) is 9.79. The largest absolute Gasteiger partial charge is 0.490 e. The Labute approximate surface area is 121 Å². The second kappa shape index (κ2) is 7.49. The van der Waals surface area contributed by atoms with Crippen molar-refractivity contribution in [2.45, 2.75) is 13.3 Å². The van der Waals surface area contributed by atoms with Crippen molar-refractivity contribution in [2.75, 3.05) is 18.5 Å². The highest BCUT2D eigenvalue weighted by molar-refractivity contribution is 7.13. The van der Waals surface area contributed by atoms with Crippen molar-refractivity contribution in [3.05, 3.63) is 35.8 Å². The maximum absolute atomic E-state index is 11.7. The molecule has 0 aliphatic carbocycles. The van der Waals surface area contributed by atoms with Gasteiger partial charge in [0.15, 0.2) is 23.2 Å². The first-order valence-electron chi connectivity index (χ1n) is 6.33. The van der Waals surface area contributed by atoms with Gasteiger partial charge in [0.1, 0.15) is 0 Å². The summed E-state index contributed by atoms with van der Waals surface area (Å²) in [6.07, 6.45) is 2.55. The molecule has 0 saturated heterocycles. The number of carbonyl (C=O) groups excluding carboxylic acids is 1. The maximum atomic E-state index is 11.7. The maximum Gasteiger partial charge on any atom is 0.264 e. The predicted octanol–water partition coefficient (Wildman–Crippen LogP) is 2.95. The van der Waals surface area contributed by atoms with Crippen molar-refractivity contribution in [1.82, 2.24) is 4.98 Å².